The minimum Gasteiger partial charge on any atom is -0.483 e. The zero-order valence-electron chi connectivity index (χ0n) is 16.1. The van der Waals surface area contributed by atoms with Gasteiger partial charge in [0.25, 0.3) is 5.91 Å². The van der Waals surface area contributed by atoms with Crippen molar-refractivity contribution in [1.29, 1.82) is 0 Å². The summed E-state index contributed by atoms with van der Waals surface area (Å²) in [5.74, 6) is 0.654. The molecular formula is C22H29NO2. The maximum atomic E-state index is 12.3. The van der Waals surface area contributed by atoms with E-state index in [1.54, 1.807) is 0 Å². The van der Waals surface area contributed by atoms with Crippen LogP contribution in [0.15, 0.2) is 42.5 Å². The highest BCUT2D eigenvalue weighted by molar-refractivity contribution is 5.78. The van der Waals surface area contributed by atoms with Gasteiger partial charge in [-0.05, 0) is 48.9 Å². The maximum absolute atomic E-state index is 12.3. The number of rotatable bonds is 5. The number of hydrogen-bond donors (Lipinski definition) is 1. The van der Waals surface area contributed by atoms with Gasteiger partial charge in [0.05, 0.1) is 6.04 Å². The lowest BCUT2D eigenvalue weighted by molar-refractivity contribution is -0.123. The molecule has 0 saturated carbocycles. The van der Waals surface area contributed by atoms with E-state index in [9.17, 15) is 4.79 Å². The molecule has 1 N–H and O–H groups in total. The summed E-state index contributed by atoms with van der Waals surface area (Å²) in [6, 6.07) is 14.1. The molecule has 0 bridgehead atoms. The normalized spacial score (nSPS) is 12.6. The molecular weight excluding hydrogens is 310 g/mol. The number of nitrogens with one attached hydrogen (secondary N) is 1. The van der Waals surface area contributed by atoms with Crippen LogP contribution in [0.2, 0.25) is 0 Å². The number of ether oxygens (including phenoxy) is 1. The first-order valence-electron chi connectivity index (χ1n) is 8.77. The van der Waals surface area contributed by atoms with Gasteiger partial charge in [-0.2, -0.15) is 0 Å². The van der Waals surface area contributed by atoms with Crippen LogP contribution in [-0.4, -0.2) is 12.5 Å². The molecule has 1 amide bonds. The van der Waals surface area contributed by atoms with Crippen molar-refractivity contribution < 1.29 is 9.53 Å². The fraction of sp³-hybridized carbons (Fsp3) is 0.409. The molecule has 3 heteroatoms. The predicted molar refractivity (Wildman–Crippen MR) is 103 cm³/mol. The second kappa shape index (κ2) is 7.73. The Hall–Kier alpha value is -2.29. The molecule has 25 heavy (non-hydrogen) atoms. The molecule has 0 heterocycles. The number of carbonyl (C=O) groups excluding carboxylic acids is 1. The number of aryl methyl sites for hydroxylation is 2. The number of benzene rings is 2. The number of carbonyl (C=O) groups is 1. The first kappa shape index (κ1) is 19.0. The highest BCUT2D eigenvalue weighted by atomic mass is 16.5. The predicted octanol–water partition coefficient (Wildman–Crippen LogP) is 4.86. The van der Waals surface area contributed by atoms with Crippen molar-refractivity contribution in [3.8, 4) is 5.75 Å². The van der Waals surface area contributed by atoms with E-state index >= 15 is 0 Å². The summed E-state index contributed by atoms with van der Waals surface area (Å²) < 4.78 is 5.80. The molecule has 2 aromatic carbocycles. The SMILES string of the molecule is Cc1ccc(C)c(C(C)NC(=O)COc2ccccc2C(C)(C)C)c1. The molecule has 3 nitrogen and oxygen atoms in total. The van der Waals surface area contributed by atoms with Gasteiger partial charge in [-0.15, -0.1) is 0 Å². The summed E-state index contributed by atoms with van der Waals surface area (Å²) in [6.45, 7) is 12.6. The minimum atomic E-state index is -0.114. The molecule has 0 aliphatic carbocycles. The van der Waals surface area contributed by atoms with Crippen molar-refractivity contribution in [2.45, 2.75) is 53.0 Å². The quantitative estimate of drug-likeness (QED) is 0.845. The fourth-order valence-corrected chi connectivity index (χ4v) is 2.94. The average molecular weight is 339 g/mol. The Morgan fingerprint density at radius 3 is 2.48 bits per heavy atom. The Morgan fingerprint density at radius 2 is 1.80 bits per heavy atom. The summed E-state index contributed by atoms with van der Waals surface area (Å²) in [6.07, 6.45) is 0. The highest BCUT2D eigenvalue weighted by Crippen LogP contribution is 2.30. The average Bonchev–Trinajstić information content (AvgIpc) is 2.54. The first-order chi connectivity index (χ1) is 11.7. The molecule has 0 aromatic heterocycles. The Morgan fingerprint density at radius 1 is 1.12 bits per heavy atom. The smallest absolute Gasteiger partial charge is 0.258 e. The van der Waals surface area contributed by atoms with Gasteiger partial charge in [0.15, 0.2) is 6.61 Å². The summed E-state index contributed by atoms with van der Waals surface area (Å²) in [5, 5.41) is 3.03. The van der Waals surface area contributed by atoms with Crippen LogP contribution in [0.4, 0.5) is 0 Å². The van der Waals surface area contributed by atoms with Crippen LogP contribution in [0.3, 0.4) is 0 Å². The van der Waals surface area contributed by atoms with Crippen molar-refractivity contribution in [2.24, 2.45) is 0 Å². The van der Waals surface area contributed by atoms with Gasteiger partial charge in [0.2, 0.25) is 0 Å². The molecule has 0 spiro atoms. The molecule has 134 valence electrons. The zero-order chi connectivity index (χ0) is 18.6. The third-order valence-electron chi connectivity index (χ3n) is 4.33. The van der Waals surface area contributed by atoms with Gasteiger partial charge in [-0.3, -0.25) is 4.79 Å². The van der Waals surface area contributed by atoms with E-state index in [1.807, 2.05) is 31.2 Å². The van der Waals surface area contributed by atoms with Gasteiger partial charge in [-0.1, -0.05) is 62.7 Å². The molecule has 0 aliphatic rings. The van der Waals surface area contributed by atoms with Crippen LogP contribution >= 0.6 is 0 Å². The molecule has 2 aromatic rings. The molecule has 1 atom stereocenters. The van der Waals surface area contributed by atoms with Crippen LogP contribution in [-0.2, 0) is 10.2 Å². The topological polar surface area (TPSA) is 38.3 Å². The van der Waals surface area contributed by atoms with Crippen molar-refractivity contribution in [1.82, 2.24) is 5.32 Å². The lowest BCUT2D eigenvalue weighted by Crippen LogP contribution is -2.32. The van der Waals surface area contributed by atoms with Gasteiger partial charge in [-0.25, -0.2) is 0 Å². The summed E-state index contributed by atoms with van der Waals surface area (Å²) in [7, 11) is 0. The lowest BCUT2D eigenvalue weighted by Gasteiger charge is -2.23. The summed E-state index contributed by atoms with van der Waals surface area (Å²) in [5.41, 5.74) is 4.59. The third kappa shape index (κ3) is 5.09. The van der Waals surface area contributed by atoms with Crippen molar-refractivity contribution in [3.63, 3.8) is 0 Å². The molecule has 2 rings (SSSR count). The molecule has 0 saturated heterocycles. The largest absolute Gasteiger partial charge is 0.483 e. The van der Waals surface area contributed by atoms with Gasteiger partial charge >= 0.3 is 0 Å². The van der Waals surface area contributed by atoms with Crippen molar-refractivity contribution in [2.75, 3.05) is 6.61 Å². The van der Waals surface area contributed by atoms with Crippen LogP contribution in [0.25, 0.3) is 0 Å². The van der Waals surface area contributed by atoms with Crippen molar-refractivity contribution >= 4 is 5.91 Å². The van der Waals surface area contributed by atoms with E-state index < -0.39 is 0 Å². The second-order valence-electron chi connectivity index (χ2n) is 7.68. The van der Waals surface area contributed by atoms with E-state index in [0.29, 0.717) is 0 Å². The van der Waals surface area contributed by atoms with Crippen molar-refractivity contribution in [3.05, 3.63) is 64.7 Å². The number of para-hydroxylation sites is 1. The Kier molecular flexibility index (Phi) is 5.89. The molecule has 1 unspecified atom stereocenters. The highest BCUT2D eigenvalue weighted by Gasteiger charge is 2.19. The van der Waals surface area contributed by atoms with E-state index in [-0.39, 0.29) is 24.0 Å². The molecule has 0 aliphatic heterocycles. The molecule has 0 radical (unpaired) electrons. The number of hydrogen-bond acceptors (Lipinski definition) is 2. The standard InChI is InChI=1S/C22H29NO2/c1-15-11-12-16(2)18(13-15)17(3)23-21(24)14-25-20-10-8-7-9-19(20)22(4,5)6/h7-13,17H,14H2,1-6H3,(H,23,24). The maximum Gasteiger partial charge on any atom is 0.258 e. The van der Waals surface area contributed by atoms with E-state index in [0.717, 1.165) is 16.9 Å². The fourth-order valence-electron chi connectivity index (χ4n) is 2.94. The number of amides is 1. The Balaban J connectivity index is 2.01. The van der Waals surface area contributed by atoms with Gasteiger partial charge in [0.1, 0.15) is 5.75 Å². The van der Waals surface area contributed by atoms with E-state index in [2.05, 4.69) is 58.1 Å². The van der Waals surface area contributed by atoms with Crippen LogP contribution in [0, 0.1) is 13.8 Å². The van der Waals surface area contributed by atoms with Crippen LogP contribution < -0.4 is 10.1 Å². The van der Waals surface area contributed by atoms with Gasteiger partial charge < -0.3 is 10.1 Å². The monoisotopic (exact) mass is 339 g/mol. The van der Waals surface area contributed by atoms with Crippen LogP contribution in [0.5, 0.6) is 5.75 Å². The first-order valence-corrected chi connectivity index (χ1v) is 8.77. The van der Waals surface area contributed by atoms with E-state index in [4.69, 9.17) is 4.74 Å². The minimum absolute atomic E-state index is 0.0162. The van der Waals surface area contributed by atoms with Crippen LogP contribution in [0.1, 0.15) is 56.0 Å². The Bertz CT molecular complexity index is 744. The molecule has 0 fully saturated rings. The Labute approximate surface area is 151 Å². The van der Waals surface area contributed by atoms with E-state index in [1.165, 1.54) is 11.1 Å². The zero-order valence-corrected chi connectivity index (χ0v) is 16.1. The van der Waals surface area contributed by atoms with Gasteiger partial charge in [0, 0.05) is 0 Å². The second-order valence-corrected chi connectivity index (χ2v) is 7.68. The third-order valence-corrected chi connectivity index (χ3v) is 4.33. The summed E-state index contributed by atoms with van der Waals surface area (Å²) >= 11 is 0. The summed E-state index contributed by atoms with van der Waals surface area (Å²) in [4.78, 5) is 12.3. The lowest BCUT2D eigenvalue weighted by atomic mass is 9.86.